The van der Waals surface area contributed by atoms with Crippen molar-refractivity contribution in [2.75, 3.05) is 10.6 Å². The fourth-order valence-corrected chi connectivity index (χ4v) is 4.87. The molecular formula is C27H25N7O3S. The number of nitrogens with one attached hydrogen (secondary N) is 4. The van der Waals surface area contributed by atoms with Crippen molar-refractivity contribution < 1.29 is 14.4 Å². The number of fused-ring (bicyclic) bond motifs is 1. The zero-order valence-corrected chi connectivity index (χ0v) is 21.7. The third-order valence-corrected chi connectivity index (χ3v) is 7.03. The Morgan fingerprint density at radius 2 is 1.66 bits per heavy atom. The first-order valence-electron chi connectivity index (χ1n) is 11.8. The Labute approximate surface area is 222 Å². The van der Waals surface area contributed by atoms with Crippen LogP contribution in [0.25, 0.3) is 10.2 Å². The molecule has 3 aromatic heterocycles. The van der Waals surface area contributed by atoms with Gasteiger partial charge in [0.05, 0.1) is 27.1 Å². The van der Waals surface area contributed by atoms with Crippen LogP contribution in [0.15, 0.2) is 72.9 Å². The van der Waals surface area contributed by atoms with E-state index in [0.717, 1.165) is 5.56 Å². The SMILES string of the molecule is Cn1ccc(C(=O)Nc2ccccc2C(=O)Nc2[nH]nc3sc(C(=O)NC(C)(C)c4ccccc4)cc23)n1. The Bertz CT molecular complexity index is 1650. The average Bonchev–Trinajstić information content (AvgIpc) is 3.62. The van der Waals surface area contributed by atoms with Crippen molar-refractivity contribution in [1.82, 2.24) is 25.3 Å². The molecule has 5 rings (SSSR count). The summed E-state index contributed by atoms with van der Waals surface area (Å²) in [5.74, 6) is -0.758. The van der Waals surface area contributed by atoms with Crippen LogP contribution in [0.4, 0.5) is 11.5 Å². The molecule has 0 aliphatic rings. The number of hydrogen-bond donors (Lipinski definition) is 4. The van der Waals surface area contributed by atoms with E-state index in [-0.39, 0.29) is 17.2 Å². The van der Waals surface area contributed by atoms with Gasteiger partial charge in [0.25, 0.3) is 17.7 Å². The molecule has 38 heavy (non-hydrogen) atoms. The lowest BCUT2D eigenvalue weighted by Gasteiger charge is -2.26. The smallest absolute Gasteiger partial charge is 0.276 e. The molecule has 0 saturated heterocycles. The molecule has 11 heteroatoms. The maximum Gasteiger partial charge on any atom is 0.276 e. The van der Waals surface area contributed by atoms with Gasteiger partial charge in [-0.05, 0) is 43.7 Å². The topological polar surface area (TPSA) is 134 Å². The van der Waals surface area contributed by atoms with Gasteiger partial charge >= 0.3 is 0 Å². The molecular weight excluding hydrogens is 502 g/mol. The summed E-state index contributed by atoms with van der Waals surface area (Å²) < 4.78 is 1.52. The number of carbonyl (C=O) groups excluding carboxylic acids is 3. The number of para-hydroxylation sites is 1. The predicted molar refractivity (Wildman–Crippen MR) is 146 cm³/mol. The highest BCUT2D eigenvalue weighted by Crippen LogP contribution is 2.31. The number of amides is 3. The lowest BCUT2D eigenvalue weighted by Crippen LogP contribution is -2.40. The van der Waals surface area contributed by atoms with Gasteiger partial charge in [-0.25, -0.2) is 0 Å². The Balaban J connectivity index is 1.33. The van der Waals surface area contributed by atoms with Gasteiger partial charge in [0.15, 0.2) is 5.69 Å². The molecule has 3 heterocycles. The second kappa shape index (κ2) is 9.94. The molecule has 10 nitrogen and oxygen atoms in total. The molecule has 5 aromatic rings. The summed E-state index contributed by atoms with van der Waals surface area (Å²) in [5, 5.41) is 20.4. The highest BCUT2D eigenvalue weighted by atomic mass is 32.1. The Hall–Kier alpha value is -4.77. The van der Waals surface area contributed by atoms with Crippen LogP contribution in [-0.2, 0) is 12.6 Å². The lowest BCUT2D eigenvalue weighted by atomic mass is 9.94. The van der Waals surface area contributed by atoms with Crippen LogP contribution in [0.5, 0.6) is 0 Å². The van der Waals surface area contributed by atoms with Crippen LogP contribution < -0.4 is 16.0 Å². The number of anilines is 2. The monoisotopic (exact) mass is 527 g/mol. The molecule has 0 atom stereocenters. The average molecular weight is 528 g/mol. The van der Waals surface area contributed by atoms with Gasteiger partial charge in [0.1, 0.15) is 10.6 Å². The maximum atomic E-state index is 13.2. The quantitative estimate of drug-likeness (QED) is 0.247. The van der Waals surface area contributed by atoms with Crippen molar-refractivity contribution >= 4 is 50.8 Å². The van der Waals surface area contributed by atoms with E-state index in [4.69, 9.17) is 0 Å². The number of carbonyl (C=O) groups is 3. The van der Waals surface area contributed by atoms with Gasteiger partial charge in [0.2, 0.25) is 0 Å². The Morgan fingerprint density at radius 3 is 2.39 bits per heavy atom. The van der Waals surface area contributed by atoms with Crippen molar-refractivity contribution in [3.8, 4) is 0 Å². The second-order valence-electron chi connectivity index (χ2n) is 9.20. The van der Waals surface area contributed by atoms with E-state index in [0.29, 0.717) is 26.6 Å². The van der Waals surface area contributed by atoms with E-state index in [2.05, 4.69) is 31.2 Å². The first-order chi connectivity index (χ1) is 18.2. The van der Waals surface area contributed by atoms with Gasteiger partial charge in [0, 0.05) is 13.2 Å². The van der Waals surface area contributed by atoms with E-state index >= 15 is 0 Å². The fourth-order valence-electron chi connectivity index (χ4n) is 3.98. The third kappa shape index (κ3) is 5.04. The largest absolute Gasteiger partial charge is 0.342 e. The normalized spacial score (nSPS) is 11.3. The molecule has 3 amide bonds. The summed E-state index contributed by atoms with van der Waals surface area (Å²) >= 11 is 1.22. The van der Waals surface area contributed by atoms with Crippen LogP contribution in [0.3, 0.4) is 0 Å². The van der Waals surface area contributed by atoms with Crippen molar-refractivity contribution in [1.29, 1.82) is 0 Å². The van der Waals surface area contributed by atoms with E-state index in [1.165, 1.54) is 16.0 Å². The number of rotatable bonds is 7. The fraction of sp³-hybridized carbons (Fsp3) is 0.148. The standard InChI is InChI=1S/C27H25N7O3S/c1-27(2,16-9-5-4-6-10-16)30-25(37)21-15-18-22(31-32-26(18)38-21)29-23(35)17-11-7-8-12-19(17)28-24(36)20-13-14-34(3)33-20/h4-15H,1-3H3,(H,28,36)(H,30,37)(H2,29,31,32,35). The van der Waals surface area contributed by atoms with Gasteiger partial charge in [-0.3, -0.25) is 24.2 Å². The molecule has 0 radical (unpaired) electrons. The minimum absolute atomic E-state index is 0.234. The van der Waals surface area contributed by atoms with E-state index < -0.39 is 17.4 Å². The zero-order valence-electron chi connectivity index (χ0n) is 20.9. The van der Waals surface area contributed by atoms with Crippen LogP contribution in [0, 0.1) is 0 Å². The molecule has 0 unspecified atom stereocenters. The highest BCUT2D eigenvalue weighted by molar-refractivity contribution is 7.20. The van der Waals surface area contributed by atoms with Gasteiger partial charge in [-0.1, -0.05) is 42.5 Å². The first kappa shape index (κ1) is 24.9. The number of thiophene rings is 1. The number of hydrogen-bond acceptors (Lipinski definition) is 6. The predicted octanol–water partition coefficient (Wildman–Crippen LogP) is 4.53. The molecule has 0 bridgehead atoms. The van der Waals surface area contributed by atoms with E-state index in [9.17, 15) is 14.4 Å². The van der Waals surface area contributed by atoms with Crippen molar-refractivity contribution in [3.05, 3.63) is 94.6 Å². The number of aryl methyl sites for hydroxylation is 1. The minimum Gasteiger partial charge on any atom is -0.342 e. The molecule has 0 fully saturated rings. The summed E-state index contributed by atoms with van der Waals surface area (Å²) in [6.45, 7) is 3.88. The first-order valence-corrected chi connectivity index (χ1v) is 12.6. The Morgan fingerprint density at radius 1 is 0.921 bits per heavy atom. The molecule has 2 aromatic carbocycles. The summed E-state index contributed by atoms with van der Waals surface area (Å²) in [4.78, 5) is 39.9. The van der Waals surface area contributed by atoms with Gasteiger partial charge < -0.3 is 16.0 Å². The number of H-pyrrole nitrogens is 1. The number of aromatic amines is 1. The maximum absolute atomic E-state index is 13.2. The molecule has 192 valence electrons. The second-order valence-corrected chi connectivity index (χ2v) is 10.2. The van der Waals surface area contributed by atoms with Crippen LogP contribution in [0.1, 0.15) is 49.9 Å². The molecule has 0 saturated carbocycles. The Kier molecular flexibility index (Phi) is 6.52. The van der Waals surface area contributed by atoms with E-state index in [1.807, 2.05) is 44.2 Å². The van der Waals surface area contributed by atoms with Crippen molar-refractivity contribution in [2.45, 2.75) is 19.4 Å². The number of aromatic nitrogens is 4. The summed E-state index contributed by atoms with van der Waals surface area (Å²) in [7, 11) is 1.72. The highest BCUT2D eigenvalue weighted by Gasteiger charge is 2.25. The zero-order chi connectivity index (χ0) is 26.9. The van der Waals surface area contributed by atoms with Crippen LogP contribution in [-0.4, -0.2) is 37.7 Å². The number of benzene rings is 2. The third-order valence-electron chi connectivity index (χ3n) is 6.00. The summed E-state index contributed by atoms with van der Waals surface area (Å²) in [6, 6.07) is 19.7. The molecule has 4 N–H and O–H groups in total. The van der Waals surface area contributed by atoms with Crippen molar-refractivity contribution in [2.24, 2.45) is 7.05 Å². The minimum atomic E-state index is -0.577. The lowest BCUT2D eigenvalue weighted by molar-refractivity contribution is 0.0915. The molecule has 0 aliphatic carbocycles. The summed E-state index contributed by atoms with van der Waals surface area (Å²) in [5.41, 5.74) is 1.24. The van der Waals surface area contributed by atoms with Crippen LogP contribution >= 0.6 is 11.3 Å². The van der Waals surface area contributed by atoms with Crippen molar-refractivity contribution in [3.63, 3.8) is 0 Å². The summed E-state index contributed by atoms with van der Waals surface area (Å²) in [6.07, 6.45) is 1.66. The molecule has 0 spiro atoms. The molecule has 0 aliphatic heterocycles. The van der Waals surface area contributed by atoms with Gasteiger partial charge in [-0.2, -0.15) is 10.2 Å². The van der Waals surface area contributed by atoms with E-state index in [1.54, 1.807) is 49.6 Å². The number of nitrogens with zero attached hydrogens (tertiary/aromatic N) is 3. The van der Waals surface area contributed by atoms with Gasteiger partial charge in [-0.15, -0.1) is 11.3 Å². The van der Waals surface area contributed by atoms with Crippen LogP contribution in [0.2, 0.25) is 0 Å².